The largest absolute Gasteiger partial charge is 0.352 e. The molecule has 0 aliphatic carbocycles. The molecular formula is C15H22BrNO. The van der Waals surface area contributed by atoms with Gasteiger partial charge in [0, 0.05) is 18.3 Å². The first-order valence-corrected chi connectivity index (χ1v) is 7.43. The lowest BCUT2D eigenvalue weighted by atomic mass is 9.90. The first kappa shape index (κ1) is 15.2. The molecule has 0 fully saturated rings. The van der Waals surface area contributed by atoms with Crippen LogP contribution in [0.15, 0.2) is 24.3 Å². The highest BCUT2D eigenvalue weighted by Crippen LogP contribution is 2.20. The van der Waals surface area contributed by atoms with Crippen molar-refractivity contribution in [2.24, 2.45) is 5.41 Å². The SMILES string of the molecule is CC(C)(C)CCC(=O)NCc1cccc(CBr)c1. The fraction of sp³-hybridized carbons (Fsp3) is 0.533. The van der Waals surface area contributed by atoms with Crippen molar-refractivity contribution in [3.05, 3.63) is 35.4 Å². The van der Waals surface area contributed by atoms with Crippen molar-refractivity contribution in [2.45, 2.75) is 45.5 Å². The van der Waals surface area contributed by atoms with Crippen LogP contribution < -0.4 is 5.32 Å². The van der Waals surface area contributed by atoms with Crippen LogP contribution in [0.1, 0.15) is 44.7 Å². The fourth-order valence-electron chi connectivity index (χ4n) is 1.60. The zero-order valence-electron chi connectivity index (χ0n) is 11.4. The van der Waals surface area contributed by atoms with E-state index in [0.29, 0.717) is 13.0 Å². The summed E-state index contributed by atoms with van der Waals surface area (Å²) in [5.41, 5.74) is 2.60. The van der Waals surface area contributed by atoms with Crippen LogP contribution in [0.2, 0.25) is 0 Å². The van der Waals surface area contributed by atoms with Gasteiger partial charge in [-0.3, -0.25) is 4.79 Å². The Hall–Kier alpha value is -0.830. The number of nitrogens with one attached hydrogen (secondary N) is 1. The molecule has 1 amide bonds. The molecule has 0 saturated heterocycles. The van der Waals surface area contributed by atoms with Gasteiger partial charge in [-0.05, 0) is 23.0 Å². The minimum absolute atomic E-state index is 0.133. The minimum Gasteiger partial charge on any atom is -0.352 e. The molecule has 1 aromatic rings. The van der Waals surface area contributed by atoms with Gasteiger partial charge in [0.05, 0.1) is 0 Å². The number of hydrogen-bond acceptors (Lipinski definition) is 1. The summed E-state index contributed by atoms with van der Waals surface area (Å²) < 4.78 is 0. The monoisotopic (exact) mass is 311 g/mol. The quantitative estimate of drug-likeness (QED) is 0.817. The number of halogens is 1. The molecule has 0 unspecified atom stereocenters. The summed E-state index contributed by atoms with van der Waals surface area (Å²) >= 11 is 3.43. The number of carbonyl (C=O) groups excluding carboxylic acids is 1. The minimum atomic E-state index is 0.133. The Kier molecular flexibility index (Phi) is 5.86. The van der Waals surface area contributed by atoms with Crippen LogP contribution in [0.25, 0.3) is 0 Å². The first-order chi connectivity index (χ1) is 8.40. The molecule has 1 rings (SSSR count). The van der Waals surface area contributed by atoms with E-state index in [9.17, 15) is 4.79 Å². The third kappa shape index (κ3) is 6.20. The number of amides is 1. The molecule has 0 aromatic heterocycles. The Bertz CT molecular complexity index is 396. The van der Waals surface area contributed by atoms with E-state index in [-0.39, 0.29) is 11.3 Å². The Balaban J connectivity index is 2.38. The topological polar surface area (TPSA) is 29.1 Å². The summed E-state index contributed by atoms with van der Waals surface area (Å²) in [6.07, 6.45) is 1.52. The number of benzene rings is 1. The van der Waals surface area contributed by atoms with Crippen LogP contribution in [-0.4, -0.2) is 5.91 Å². The van der Waals surface area contributed by atoms with Crippen molar-refractivity contribution in [3.63, 3.8) is 0 Å². The highest BCUT2D eigenvalue weighted by atomic mass is 79.9. The Labute approximate surface area is 118 Å². The van der Waals surface area contributed by atoms with E-state index < -0.39 is 0 Å². The molecule has 0 aliphatic heterocycles. The second-order valence-corrected chi connectivity index (χ2v) is 6.35. The summed E-state index contributed by atoms with van der Waals surface area (Å²) in [7, 11) is 0. The molecule has 1 N–H and O–H groups in total. The van der Waals surface area contributed by atoms with Crippen molar-refractivity contribution in [2.75, 3.05) is 0 Å². The molecule has 3 heteroatoms. The predicted octanol–water partition coefficient (Wildman–Crippen LogP) is 4.02. The summed E-state index contributed by atoms with van der Waals surface area (Å²) in [5.74, 6) is 0.133. The van der Waals surface area contributed by atoms with E-state index in [1.54, 1.807) is 0 Å². The van der Waals surface area contributed by atoms with E-state index in [0.717, 1.165) is 17.3 Å². The average Bonchev–Trinajstić information content (AvgIpc) is 2.33. The molecule has 0 radical (unpaired) electrons. The Morgan fingerprint density at radius 1 is 1.28 bits per heavy atom. The maximum Gasteiger partial charge on any atom is 0.220 e. The highest BCUT2D eigenvalue weighted by Gasteiger charge is 2.12. The number of alkyl halides is 1. The molecule has 0 atom stereocenters. The van der Waals surface area contributed by atoms with Gasteiger partial charge in [-0.15, -0.1) is 0 Å². The third-order valence-electron chi connectivity index (χ3n) is 2.74. The normalized spacial score (nSPS) is 11.3. The first-order valence-electron chi connectivity index (χ1n) is 6.31. The molecule has 0 heterocycles. The molecule has 0 aliphatic rings. The molecule has 0 spiro atoms. The maximum absolute atomic E-state index is 11.7. The van der Waals surface area contributed by atoms with Crippen molar-refractivity contribution in [1.29, 1.82) is 0 Å². The Morgan fingerprint density at radius 2 is 1.94 bits per heavy atom. The van der Waals surface area contributed by atoms with Gasteiger partial charge < -0.3 is 5.32 Å². The second-order valence-electron chi connectivity index (χ2n) is 5.79. The van der Waals surface area contributed by atoms with Crippen LogP contribution in [0.3, 0.4) is 0 Å². The number of hydrogen-bond donors (Lipinski definition) is 1. The van der Waals surface area contributed by atoms with Gasteiger partial charge in [-0.2, -0.15) is 0 Å². The van der Waals surface area contributed by atoms with Gasteiger partial charge in [0.15, 0.2) is 0 Å². The van der Waals surface area contributed by atoms with Gasteiger partial charge in [0.25, 0.3) is 0 Å². The van der Waals surface area contributed by atoms with Crippen LogP contribution in [-0.2, 0) is 16.7 Å². The third-order valence-corrected chi connectivity index (χ3v) is 3.38. The lowest BCUT2D eigenvalue weighted by Gasteiger charge is -2.17. The predicted molar refractivity (Wildman–Crippen MR) is 79.6 cm³/mol. The van der Waals surface area contributed by atoms with Gasteiger partial charge in [-0.25, -0.2) is 0 Å². The highest BCUT2D eigenvalue weighted by molar-refractivity contribution is 9.08. The Morgan fingerprint density at radius 3 is 2.56 bits per heavy atom. The van der Waals surface area contributed by atoms with Crippen LogP contribution in [0.4, 0.5) is 0 Å². The van der Waals surface area contributed by atoms with E-state index in [1.807, 2.05) is 12.1 Å². The average molecular weight is 312 g/mol. The van der Waals surface area contributed by atoms with Crippen molar-refractivity contribution in [3.8, 4) is 0 Å². The second kappa shape index (κ2) is 6.93. The number of carbonyl (C=O) groups is 1. The summed E-state index contributed by atoms with van der Waals surface area (Å²) in [6, 6.07) is 8.24. The zero-order valence-corrected chi connectivity index (χ0v) is 13.0. The van der Waals surface area contributed by atoms with E-state index in [2.05, 4.69) is 54.2 Å². The van der Waals surface area contributed by atoms with Crippen molar-refractivity contribution in [1.82, 2.24) is 5.32 Å². The van der Waals surface area contributed by atoms with Crippen LogP contribution in [0, 0.1) is 5.41 Å². The van der Waals surface area contributed by atoms with E-state index >= 15 is 0 Å². The summed E-state index contributed by atoms with van der Waals surface area (Å²) in [4.78, 5) is 11.7. The fourth-order valence-corrected chi connectivity index (χ4v) is 1.95. The summed E-state index contributed by atoms with van der Waals surface area (Å²) in [6.45, 7) is 7.07. The molecule has 2 nitrogen and oxygen atoms in total. The molecule has 1 aromatic carbocycles. The molecule has 100 valence electrons. The maximum atomic E-state index is 11.7. The molecule has 0 saturated carbocycles. The van der Waals surface area contributed by atoms with Crippen LogP contribution in [0.5, 0.6) is 0 Å². The van der Waals surface area contributed by atoms with Gasteiger partial charge >= 0.3 is 0 Å². The zero-order chi connectivity index (χ0) is 13.6. The van der Waals surface area contributed by atoms with Crippen molar-refractivity contribution < 1.29 is 4.79 Å². The van der Waals surface area contributed by atoms with Gasteiger partial charge in [0.2, 0.25) is 5.91 Å². The van der Waals surface area contributed by atoms with Gasteiger partial charge in [-0.1, -0.05) is 61.0 Å². The lowest BCUT2D eigenvalue weighted by molar-refractivity contribution is -0.121. The van der Waals surface area contributed by atoms with Crippen LogP contribution >= 0.6 is 15.9 Å². The van der Waals surface area contributed by atoms with E-state index in [1.165, 1.54) is 5.56 Å². The lowest BCUT2D eigenvalue weighted by Crippen LogP contribution is -2.24. The smallest absolute Gasteiger partial charge is 0.220 e. The molecular weight excluding hydrogens is 290 g/mol. The molecule has 0 bridgehead atoms. The van der Waals surface area contributed by atoms with Gasteiger partial charge in [0.1, 0.15) is 0 Å². The number of rotatable bonds is 5. The van der Waals surface area contributed by atoms with Crippen molar-refractivity contribution >= 4 is 21.8 Å². The van der Waals surface area contributed by atoms with E-state index in [4.69, 9.17) is 0 Å². The standard InChI is InChI=1S/C15H22BrNO/c1-15(2,3)8-7-14(18)17-11-13-6-4-5-12(9-13)10-16/h4-6,9H,7-8,10-11H2,1-3H3,(H,17,18). The molecule has 18 heavy (non-hydrogen) atoms. The summed E-state index contributed by atoms with van der Waals surface area (Å²) in [5, 5.41) is 3.81.